The quantitative estimate of drug-likeness (QED) is 0.814. The highest BCUT2D eigenvalue weighted by Gasteiger charge is 2.29. The van der Waals surface area contributed by atoms with Crippen molar-refractivity contribution in [3.8, 4) is 0 Å². The highest BCUT2D eigenvalue weighted by atomic mass is 15.5. The predicted molar refractivity (Wildman–Crippen MR) is 90.1 cm³/mol. The second kappa shape index (κ2) is 7.66. The lowest BCUT2D eigenvalue weighted by atomic mass is 10.0. The van der Waals surface area contributed by atoms with Crippen LogP contribution in [0, 0.1) is 0 Å². The molecule has 1 aliphatic heterocycles. The van der Waals surface area contributed by atoms with Crippen LogP contribution in [0.1, 0.15) is 37.2 Å². The molecular weight excluding hydrogens is 288 g/mol. The first-order valence-electron chi connectivity index (χ1n) is 8.53. The number of rotatable bonds is 6. The maximum atomic E-state index is 4.39. The topological polar surface area (TPSA) is 50.1 Å². The largest absolute Gasteiger partial charge is 0.304 e. The summed E-state index contributed by atoms with van der Waals surface area (Å²) in [5, 5.41) is 12.6. The van der Waals surface area contributed by atoms with Crippen LogP contribution in [0.25, 0.3) is 0 Å². The molecule has 0 bridgehead atoms. The first-order chi connectivity index (χ1) is 11.3. The third-order valence-electron chi connectivity index (χ3n) is 4.55. The number of nitrogens with zero attached hydrogens (tertiary/aromatic N) is 6. The van der Waals surface area contributed by atoms with E-state index in [0.717, 1.165) is 51.4 Å². The van der Waals surface area contributed by atoms with Crippen LogP contribution in [0.2, 0.25) is 0 Å². The molecule has 124 valence electrons. The van der Waals surface area contributed by atoms with Gasteiger partial charge in [-0.15, -0.1) is 5.10 Å². The molecule has 6 nitrogen and oxygen atoms in total. The highest BCUT2D eigenvalue weighted by molar-refractivity contribution is 5.24. The smallest absolute Gasteiger partial charge is 0.173 e. The fraction of sp³-hybridized carbons (Fsp3) is 0.588. The minimum Gasteiger partial charge on any atom is -0.304 e. The number of aryl methyl sites for hydroxylation is 1. The number of piperazine rings is 1. The minimum atomic E-state index is 0.136. The SMILES string of the molecule is CCCCn1nnnc1C(c1ccccc1)N1CCN(C)CC1. The van der Waals surface area contributed by atoms with Gasteiger partial charge in [-0.2, -0.15) is 0 Å². The molecule has 2 aromatic rings. The van der Waals surface area contributed by atoms with Crippen LogP contribution in [-0.2, 0) is 6.54 Å². The first-order valence-corrected chi connectivity index (χ1v) is 8.53. The number of aromatic nitrogens is 4. The van der Waals surface area contributed by atoms with Crippen LogP contribution >= 0.6 is 0 Å². The molecule has 2 heterocycles. The van der Waals surface area contributed by atoms with Crippen LogP contribution in [0.4, 0.5) is 0 Å². The van der Waals surface area contributed by atoms with Gasteiger partial charge in [-0.05, 0) is 29.5 Å². The molecule has 0 aliphatic carbocycles. The lowest BCUT2D eigenvalue weighted by Crippen LogP contribution is -2.46. The van der Waals surface area contributed by atoms with E-state index in [0.29, 0.717) is 0 Å². The summed E-state index contributed by atoms with van der Waals surface area (Å²) < 4.78 is 1.99. The molecule has 1 atom stereocenters. The van der Waals surface area contributed by atoms with Crippen LogP contribution in [0.15, 0.2) is 30.3 Å². The van der Waals surface area contributed by atoms with Gasteiger partial charge in [-0.1, -0.05) is 43.7 Å². The Kier molecular flexibility index (Phi) is 5.35. The fourth-order valence-electron chi connectivity index (χ4n) is 3.11. The Labute approximate surface area is 138 Å². The van der Waals surface area contributed by atoms with Crippen LogP contribution < -0.4 is 0 Å². The van der Waals surface area contributed by atoms with E-state index < -0.39 is 0 Å². The van der Waals surface area contributed by atoms with Gasteiger partial charge in [0.2, 0.25) is 0 Å². The van der Waals surface area contributed by atoms with Crippen molar-refractivity contribution in [2.75, 3.05) is 33.2 Å². The van der Waals surface area contributed by atoms with Crippen molar-refractivity contribution >= 4 is 0 Å². The summed E-state index contributed by atoms with van der Waals surface area (Å²) in [6.07, 6.45) is 2.24. The summed E-state index contributed by atoms with van der Waals surface area (Å²) in [6, 6.07) is 10.8. The maximum Gasteiger partial charge on any atom is 0.173 e. The molecule has 0 N–H and O–H groups in total. The molecule has 1 aliphatic rings. The van der Waals surface area contributed by atoms with Crippen molar-refractivity contribution in [3.63, 3.8) is 0 Å². The Bertz CT molecular complexity index is 588. The Hall–Kier alpha value is -1.79. The number of benzene rings is 1. The monoisotopic (exact) mass is 314 g/mol. The lowest BCUT2D eigenvalue weighted by Gasteiger charge is -2.37. The standard InChI is InChI=1S/C17H26N6/c1-3-4-10-23-17(18-19-20-23)16(15-8-6-5-7-9-15)22-13-11-21(2)12-14-22/h5-9,16H,3-4,10-14H2,1-2H3. The van der Waals surface area contributed by atoms with Gasteiger partial charge in [0.1, 0.15) is 0 Å². The van der Waals surface area contributed by atoms with E-state index in [-0.39, 0.29) is 6.04 Å². The summed E-state index contributed by atoms with van der Waals surface area (Å²) in [7, 11) is 2.18. The molecular formula is C17H26N6. The van der Waals surface area contributed by atoms with Gasteiger partial charge in [0.25, 0.3) is 0 Å². The second-order valence-electron chi connectivity index (χ2n) is 6.27. The van der Waals surface area contributed by atoms with Gasteiger partial charge in [-0.3, -0.25) is 4.90 Å². The molecule has 1 fully saturated rings. The minimum absolute atomic E-state index is 0.136. The van der Waals surface area contributed by atoms with E-state index in [1.54, 1.807) is 0 Å². The third-order valence-corrected chi connectivity index (χ3v) is 4.55. The van der Waals surface area contributed by atoms with Crippen molar-refractivity contribution in [3.05, 3.63) is 41.7 Å². The molecule has 1 saturated heterocycles. The van der Waals surface area contributed by atoms with Gasteiger partial charge in [-0.25, -0.2) is 4.68 Å². The number of unbranched alkanes of at least 4 members (excludes halogenated alkanes) is 1. The van der Waals surface area contributed by atoms with E-state index >= 15 is 0 Å². The first kappa shape index (κ1) is 16.1. The zero-order valence-electron chi connectivity index (χ0n) is 14.1. The third kappa shape index (κ3) is 3.76. The van der Waals surface area contributed by atoms with Crippen LogP contribution in [0.5, 0.6) is 0 Å². The summed E-state index contributed by atoms with van der Waals surface area (Å²) in [6.45, 7) is 7.32. The molecule has 23 heavy (non-hydrogen) atoms. The van der Waals surface area contributed by atoms with Gasteiger partial charge in [0, 0.05) is 32.7 Å². The molecule has 0 saturated carbocycles. The Morgan fingerprint density at radius 3 is 2.52 bits per heavy atom. The number of hydrogen-bond acceptors (Lipinski definition) is 5. The van der Waals surface area contributed by atoms with E-state index in [1.165, 1.54) is 5.56 Å². The predicted octanol–water partition coefficient (Wildman–Crippen LogP) is 1.81. The Morgan fingerprint density at radius 2 is 1.83 bits per heavy atom. The average Bonchev–Trinajstić information content (AvgIpc) is 3.04. The van der Waals surface area contributed by atoms with Crippen LogP contribution in [0.3, 0.4) is 0 Å². The zero-order chi connectivity index (χ0) is 16.1. The summed E-state index contributed by atoms with van der Waals surface area (Å²) >= 11 is 0. The van der Waals surface area contributed by atoms with Crippen molar-refractivity contribution in [1.82, 2.24) is 30.0 Å². The molecule has 6 heteroatoms. The van der Waals surface area contributed by atoms with Crippen molar-refractivity contribution < 1.29 is 0 Å². The van der Waals surface area contributed by atoms with E-state index in [4.69, 9.17) is 0 Å². The number of tetrazole rings is 1. The van der Waals surface area contributed by atoms with Crippen molar-refractivity contribution in [2.45, 2.75) is 32.4 Å². The van der Waals surface area contributed by atoms with Crippen molar-refractivity contribution in [1.29, 1.82) is 0 Å². The lowest BCUT2D eigenvalue weighted by molar-refractivity contribution is 0.121. The molecule has 3 rings (SSSR count). The maximum absolute atomic E-state index is 4.39. The summed E-state index contributed by atoms with van der Waals surface area (Å²) in [5.41, 5.74) is 1.27. The summed E-state index contributed by atoms with van der Waals surface area (Å²) in [4.78, 5) is 4.88. The van der Waals surface area contributed by atoms with Gasteiger partial charge in [0.05, 0.1) is 6.04 Å². The average molecular weight is 314 g/mol. The van der Waals surface area contributed by atoms with Crippen molar-refractivity contribution in [2.24, 2.45) is 0 Å². The molecule has 1 unspecified atom stereocenters. The normalized spacial score (nSPS) is 18.2. The number of likely N-dealkylation sites (N-methyl/N-ethyl adjacent to an activating group) is 1. The van der Waals surface area contributed by atoms with E-state index in [9.17, 15) is 0 Å². The molecule has 0 spiro atoms. The Morgan fingerprint density at radius 1 is 1.09 bits per heavy atom. The second-order valence-corrected chi connectivity index (χ2v) is 6.27. The molecule has 0 radical (unpaired) electrons. The molecule has 1 aromatic carbocycles. The van der Waals surface area contributed by atoms with Gasteiger partial charge >= 0.3 is 0 Å². The number of hydrogen-bond donors (Lipinski definition) is 0. The molecule has 0 amide bonds. The van der Waals surface area contributed by atoms with Crippen LogP contribution in [-0.4, -0.2) is 63.2 Å². The zero-order valence-corrected chi connectivity index (χ0v) is 14.1. The summed E-state index contributed by atoms with van der Waals surface area (Å²) in [5.74, 6) is 0.967. The molecule has 1 aromatic heterocycles. The Balaban J connectivity index is 1.91. The van der Waals surface area contributed by atoms with E-state index in [2.05, 4.69) is 69.6 Å². The van der Waals surface area contributed by atoms with Gasteiger partial charge in [0.15, 0.2) is 5.82 Å². The van der Waals surface area contributed by atoms with E-state index in [1.807, 2.05) is 4.68 Å². The highest BCUT2D eigenvalue weighted by Crippen LogP contribution is 2.27. The van der Waals surface area contributed by atoms with Gasteiger partial charge < -0.3 is 4.90 Å². The fourth-order valence-corrected chi connectivity index (χ4v) is 3.11.